The molecule has 0 aromatic heterocycles. The first-order valence-corrected chi connectivity index (χ1v) is 9.88. The minimum atomic E-state index is -0.567. The van der Waals surface area contributed by atoms with Crippen LogP contribution in [0, 0.1) is 5.41 Å². The number of hydrogen-bond acceptors (Lipinski definition) is 2. The predicted octanol–water partition coefficient (Wildman–Crippen LogP) is 6.49. The molecule has 0 heterocycles. The Morgan fingerprint density at radius 1 is 1.00 bits per heavy atom. The number of ether oxygens (including phenoxy) is 1. The van der Waals surface area contributed by atoms with Gasteiger partial charge in [0, 0.05) is 26.9 Å². The minimum absolute atomic E-state index is 0.0230. The average molecular weight is 396 g/mol. The fraction of sp³-hybridized carbons (Fsp3) is 0.292. The lowest BCUT2D eigenvalue weighted by Crippen LogP contribution is -2.32. The van der Waals surface area contributed by atoms with Crippen molar-refractivity contribution < 1.29 is 9.53 Å². The third kappa shape index (κ3) is 4.66. The van der Waals surface area contributed by atoms with Crippen LogP contribution in [0.2, 0.25) is 5.02 Å². The minimum Gasteiger partial charge on any atom is -0.490 e. The highest BCUT2D eigenvalue weighted by atomic mass is 35.5. The molecule has 0 saturated carbocycles. The summed E-state index contributed by atoms with van der Waals surface area (Å²) in [5.41, 5.74) is 1.30. The molecule has 1 N–H and O–H groups in total. The second-order valence-electron chi connectivity index (χ2n) is 7.96. The van der Waals surface area contributed by atoms with Crippen LogP contribution < -0.4 is 10.1 Å². The Kier molecular flexibility index (Phi) is 5.95. The van der Waals surface area contributed by atoms with Crippen molar-refractivity contribution in [3.8, 4) is 5.75 Å². The van der Waals surface area contributed by atoms with Crippen molar-refractivity contribution in [1.82, 2.24) is 0 Å². The number of halogens is 1. The van der Waals surface area contributed by atoms with E-state index in [1.807, 2.05) is 88.4 Å². The lowest BCUT2D eigenvalue weighted by Gasteiger charge is -2.24. The quantitative estimate of drug-likeness (QED) is 0.518. The van der Waals surface area contributed by atoms with Crippen LogP contribution in [0.25, 0.3) is 10.8 Å². The van der Waals surface area contributed by atoms with E-state index in [-0.39, 0.29) is 12.0 Å². The molecular weight excluding hydrogens is 370 g/mol. The molecule has 0 spiro atoms. The first-order chi connectivity index (χ1) is 13.3. The van der Waals surface area contributed by atoms with Crippen molar-refractivity contribution in [2.75, 3.05) is 5.32 Å². The summed E-state index contributed by atoms with van der Waals surface area (Å²) in [7, 11) is 0. The standard InChI is InChI=1S/C24H26ClNO2/c1-16(2)28-22-14-13-21(19-7-5-6-8-20(19)22)26-23(27)24(3,4)15-17-9-11-18(25)12-10-17/h5-14,16H,15H2,1-4H3,(H,26,27). The van der Waals surface area contributed by atoms with Gasteiger partial charge in [-0.2, -0.15) is 0 Å². The maximum absolute atomic E-state index is 13.0. The molecule has 0 saturated heterocycles. The second-order valence-corrected chi connectivity index (χ2v) is 8.40. The Morgan fingerprint density at radius 2 is 1.64 bits per heavy atom. The number of hydrogen-bond donors (Lipinski definition) is 1. The van der Waals surface area contributed by atoms with Crippen LogP contribution in [0.3, 0.4) is 0 Å². The van der Waals surface area contributed by atoms with E-state index < -0.39 is 5.41 Å². The van der Waals surface area contributed by atoms with E-state index in [9.17, 15) is 4.79 Å². The normalized spacial score (nSPS) is 11.6. The average Bonchev–Trinajstić information content (AvgIpc) is 2.65. The molecule has 3 aromatic carbocycles. The third-order valence-electron chi connectivity index (χ3n) is 4.67. The second kappa shape index (κ2) is 8.24. The van der Waals surface area contributed by atoms with Crippen molar-refractivity contribution in [2.24, 2.45) is 5.41 Å². The van der Waals surface area contributed by atoms with E-state index in [4.69, 9.17) is 16.3 Å². The Hall–Kier alpha value is -2.52. The fourth-order valence-electron chi connectivity index (χ4n) is 3.22. The van der Waals surface area contributed by atoms with Crippen LogP contribution in [0.1, 0.15) is 33.3 Å². The Balaban J connectivity index is 1.85. The number of anilines is 1. The van der Waals surface area contributed by atoms with Gasteiger partial charge in [-0.1, -0.05) is 61.8 Å². The molecule has 0 radical (unpaired) electrons. The van der Waals surface area contributed by atoms with Crippen molar-refractivity contribution >= 4 is 34.0 Å². The molecule has 3 aromatic rings. The van der Waals surface area contributed by atoms with Gasteiger partial charge in [-0.15, -0.1) is 0 Å². The number of carbonyl (C=O) groups is 1. The van der Waals surface area contributed by atoms with Crippen LogP contribution in [0.15, 0.2) is 60.7 Å². The largest absolute Gasteiger partial charge is 0.490 e. The zero-order valence-corrected chi connectivity index (χ0v) is 17.5. The summed E-state index contributed by atoms with van der Waals surface area (Å²) >= 11 is 5.96. The Bertz CT molecular complexity index is 978. The molecule has 3 rings (SSSR count). The maximum atomic E-state index is 13.0. The van der Waals surface area contributed by atoms with Gasteiger partial charge in [0.15, 0.2) is 0 Å². The summed E-state index contributed by atoms with van der Waals surface area (Å²) < 4.78 is 5.92. The van der Waals surface area contributed by atoms with E-state index >= 15 is 0 Å². The molecule has 1 amide bonds. The first-order valence-electron chi connectivity index (χ1n) is 9.50. The topological polar surface area (TPSA) is 38.3 Å². The summed E-state index contributed by atoms with van der Waals surface area (Å²) in [6, 6.07) is 19.4. The molecule has 28 heavy (non-hydrogen) atoms. The summed E-state index contributed by atoms with van der Waals surface area (Å²) in [5.74, 6) is 0.800. The van der Waals surface area contributed by atoms with Gasteiger partial charge in [0.25, 0.3) is 0 Å². The summed E-state index contributed by atoms with van der Waals surface area (Å²) in [6.45, 7) is 7.91. The van der Waals surface area contributed by atoms with Gasteiger partial charge < -0.3 is 10.1 Å². The monoisotopic (exact) mass is 395 g/mol. The van der Waals surface area contributed by atoms with Crippen LogP contribution >= 0.6 is 11.6 Å². The summed E-state index contributed by atoms with van der Waals surface area (Å²) in [4.78, 5) is 13.0. The number of fused-ring (bicyclic) bond motifs is 1. The van der Waals surface area contributed by atoms with E-state index in [0.717, 1.165) is 27.8 Å². The molecule has 0 aliphatic carbocycles. The van der Waals surface area contributed by atoms with E-state index in [0.29, 0.717) is 11.4 Å². The molecular formula is C24H26ClNO2. The smallest absolute Gasteiger partial charge is 0.230 e. The number of nitrogens with one attached hydrogen (secondary N) is 1. The van der Waals surface area contributed by atoms with Gasteiger partial charge in [0.2, 0.25) is 5.91 Å². The molecule has 0 fully saturated rings. The first kappa shape index (κ1) is 20.2. The highest BCUT2D eigenvalue weighted by Crippen LogP contribution is 2.33. The Labute approximate surface area is 171 Å². The van der Waals surface area contributed by atoms with Crippen molar-refractivity contribution in [1.29, 1.82) is 0 Å². The third-order valence-corrected chi connectivity index (χ3v) is 4.92. The molecule has 146 valence electrons. The van der Waals surface area contributed by atoms with Crippen LogP contribution in [-0.4, -0.2) is 12.0 Å². The molecule has 4 heteroatoms. The van der Waals surface area contributed by atoms with Gasteiger partial charge in [-0.3, -0.25) is 4.79 Å². The highest BCUT2D eigenvalue weighted by molar-refractivity contribution is 6.30. The van der Waals surface area contributed by atoms with Gasteiger partial charge >= 0.3 is 0 Å². The molecule has 0 aliphatic rings. The van der Waals surface area contributed by atoms with Crippen molar-refractivity contribution in [2.45, 2.75) is 40.2 Å². The van der Waals surface area contributed by atoms with E-state index in [2.05, 4.69) is 5.32 Å². The number of amides is 1. The molecule has 3 nitrogen and oxygen atoms in total. The molecule has 0 bridgehead atoms. The molecule has 0 aliphatic heterocycles. The van der Waals surface area contributed by atoms with Gasteiger partial charge in [-0.05, 0) is 50.1 Å². The maximum Gasteiger partial charge on any atom is 0.230 e. The van der Waals surface area contributed by atoms with E-state index in [1.54, 1.807) is 0 Å². The van der Waals surface area contributed by atoms with Crippen molar-refractivity contribution in [3.63, 3.8) is 0 Å². The van der Waals surface area contributed by atoms with Crippen LogP contribution in [-0.2, 0) is 11.2 Å². The zero-order valence-electron chi connectivity index (χ0n) is 16.8. The SMILES string of the molecule is CC(C)Oc1ccc(NC(=O)C(C)(C)Cc2ccc(Cl)cc2)c2ccccc12. The summed E-state index contributed by atoms with van der Waals surface area (Å²) in [6.07, 6.45) is 0.713. The fourth-order valence-corrected chi connectivity index (χ4v) is 3.35. The number of carbonyl (C=O) groups excluding carboxylic acids is 1. The van der Waals surface area contributed by atoms with Gasteiger partial charge in [0.1, 0.15) is 5.75 Å². The molecule has 0 atom stereocenters. The van der Waals surface area contributed by atoms with Gasteiger partial charge in [0.05, 0.1) is 6.10 Å². The molecule has 0 unspecified atom stereocenters. The predicted molar refractivity (Wildman–Crippen MR) is 117 cm³/mol. The zero-order chi connectivity index (χ0) is 20.3. The lowest BCUT2D eigenvalue weighted by molar-refractivity contribution is -0.123. The summed E-state index contributed by atoms with van der Waals surface area (Å²) in [5, 5.41) is 5.77. The lowest BCUT2D eigenvalue weighted by atomic mass is 9.84. The van der Waals surface area contributed by atoms with Crippen LogP contribution in [0.5, 0.6) is 5.75 Å². The van der Waals surface area contributed by atoms with Crippen molar-refractivity contribution in [3.05, 3.63) is 71.2 Å². The highest BCUT2D eigenvalue weighted by Gasteiger charge is 2.28. The van der Waals surface area contributed by atoms with Crippen LogP contribution in [0.4, 0.5) is 5.69 Å². The number of benzene rings is 3. The number of rotatable bonds is 6. The Morgan fingerprint density at radius 3 is 2.29 bits per heavy atom. The van der Waals surface area contributed by atoms with E-state index in [1.165, 1.54) is 0 Å². The van der Waals surface area contributed by atoms with Gasteiger partial charge in [-0.25, -0.2) is 0 Å².